The molecule has 0 rings (SSSR count). The molecule has 0 fully saturated rings. The number of allylic oxidation sites excluding steroid dienone is 1. The molecule has 0 saturated heterocycles. The fourth-order valence-corrected chi connectivity index (χ4v) is 3.14. The lowest BCUT2D eigenvalue weighted by molar-refractivity contribution is -0.146. The second-order valence-electron chi connectivity index (χ2n) is 7.36. The van der Waals surface area contributed by atoms with Crippen molar-refractivity contribution in [3.05, 3.63) is 12.2 Å². The van der Waals surface area contributed by atoms with Crippen LogP contribution in [0, 0.1) is 5.92 Å². The second-order valence-corrected chi connectivity index (χ2v) is 7.36. The van der Waals surface area contributed by atoms with Gasteiger partial charge in [0.1, 0.15) is 0 Å². The summed E-state index contributed by atoms with van der Waals surface area (Å²) in [6.45, 7) is 2.26. The Morgan fingerprint density at radius 3 is 1.54 bits per heavy atom. The lowest BCUT2D eigenvalue weighted by Crippen LogP contribution is -2.15. The topological polar surface area (TPSA) is 74.6 Å². The van der Waals surface area contributed by atoms with Crippen LogP contribution in [0.2, 0.25) is 0 Å². The van der Waals surface area contributed by atoms with E-state index in [1.165, 1.54) is 89.5 Å². The zero-order valence-corrected chi connectivity index (χ0v) is 16.8. The third-order valence-corrected chi connectivity index (χ3v) is 4.80. The molecule has 0 heterocycles. The number of carbonyl (C=O) groups is 2. The monoisotopic (exact) mass is 368 g/mol. The van der Waals surface area contributed by atoms with Crippen LogP contribution in [-0.4, -0.2) is 22.2 Å². The van der Waals surface area contributed by atoms with Crippen molar-refractivity contribution in [2.45, 2.75) is 110 Å². The Bertz CT molecular complexity index is 376. The molecule has 4 heteroatoms. The molecule has 4 nitrogen and oxygen atoms in total. The molecule has 26 heavy (non-hydrogen) atoms. The number of unbranched alkanes of at least 4 members (excludes halogenated alkanes) is 14. The maximum Gasteiger partial charge on any atom is 0.310 e. The summed E-state index contributed by atoms with van der Waals surface area (Å²) in [7, 11) is 0. The average Bonchev–Trinajstić information content (AvgIpc) is 2.59. The molecule has 0 aromatic rings. The number of carboxylic acids is 2. The van der Waals surface area contributed by atoms with E-state index in [1.807, 2.05) is 6.08 Å². The van der Waals surface area contributed by atoms with Crippen LogP contribution in [0.4, 0.5) is 0 Å². The highest BCUT2D eigenvalue weighted by molar-refractivity contribution is 5.79. The van der Waals surface area contributed by atoms with E-state index in [9.17, 15) is 9.59 Å². The van der Waals surface area contributed by atoms with Crippen molar-refractivity contribution in [3.8, 4) is 0 Å². The van der Waals surface area contributed by atoms with Crippen molar-refractivity contribution in [1.29, 1.82) is 0 Å². The summed E-state index contributed by atoms with van der Waals surface area (Å²) in [4.78, 5) is 21.5. The number of hydrogen-bond donors (Lipinski definition) is 2. The molecule has 1 atom stereocenters. The van der Waals surface area contributed by atoms with Gasteiger partial charge < -0.3 is 10.2 Å². The lowest BCUT2D eigenvalue weighted by Gasteiger charge is -2.04. The molecule has 0 radical (unpaired) electrons. The van der Waals surface area contributed by atoms with Gasteiger partial charge in [0.05, 0.1) is 12.3 Å². The van der Waals surface area contributed by atoms with Gasteiger partial charge >= 0.3 is 11.9 Å². The second kappa shape index (κ2) is 18.5. The Morgan fingerprint density at radius 1 is 0.731 bits per heavy atom. The summed E-state index contributed by atoms with van der Waals surface area (Å²) in [5.41, 5.74) is 0. The highest BCUT2D eigenvalue weighted by Crippen LogP contribution is 2.14. The first-order valence-corrected chi connectivity index (χ1v) is 10.7. The zero-order valence-electron chi connectivity index (χ0n) is 16.8. The SMILES string of the molecule is CCCCCCCCCCCCCCCC/C=C/C(CC(=O)O)C(=O)O. The van der Waals surface area contributed by atoms with Gasteiger partial charge in [-0.15, -0.1) is 0 Å². The summed E-state index contributed by atoms with van der Waals surface area (Å²) in [6.07, 6.45) is 22.3. The number of rotatable bonds is 19. The average molecular weight is 369 g/mol. The van der Waals surface area contributed by atoms with E-state index in [0.29, 0.717) is 0 Å². The molecule has 0 aliphatic rings. The molecular weight excluding hydrogens is 328 g/mol. The van der Waals surface area contributed by atoms with Crippen LogP contribution in [0.25, 0.3) is 0 Å². The van der Waals surface area contributed by atoms with Crippen LogP contribution in [0.15, 0.2) is 12.2 Å². The third-order valence-electron chi connectivity index (χ3n) is 4.80. The fourth-order valence-electron chi connectivity index (χ4n) is 3.14. The number of aliphatic carboxylic acids is 2. The molecule has 0 aliphatic heterocycles. The molecule has 0 aromatic carbocycles. The minimum atomic E-state index is -1.07. The number of hydrogen-bond acceptors (Lipinski definition) is 2. The van der Waals surface area contributed by atoms with E-state index in [4.69, 9.17) is 10.2 Å². The summed E-state index contributed by atoms with van der Waals surface area (Å²) >= 11 is 0. The highest BCUT2D eigenvalue weighted by Gasteiger charge is 2.17. The quantitative estimate of drug-likeness (QED) is 0.199. The molecule has 1 unspecified atom stereocenters. The van der Waals surface area contributed by atoms with Crippen molar-refractivity contribution in [1.82, 2.24) is 0 Å². The van der Waals surface area contributed by atoms with Crippen LogP contribution in [-0.2, 0) is 9.59 Å². The molecule has 0 aliphatic carbocycles. The maximum atomic E-state index is 10.9. The standard InChI is InChI=1S/C22H40O4/c1-2-3-4-5-6-7-8-9-10-11-12-13-14-15-16-17-18-20(22(25)26)19-21(23)24/h17-18,20H,2-16,19H2,1H3,(H,23,24)(H,25,26)/b18-17+. The van der Waals surface area contributed by atoms with E-state index >= 15 is 0 Å². The Labute approximate surface area is 160 Å². The van der Waals surface area contributed by atoms with Gasteiger partial charge in [-0.3, -0.25) is 9.59 Å². The van der Waals surface area contributed by atoms with Crippen LogP contribution >= 0.6 is 0 Å². The van der Waals surface area contributed by atoms with Crippen molar-refractivity contribution in [2.75, 3.05) is 0 Å². The summed E-state index contributed by atoms with van der Waals surface area (Å²) in [5, 5.41) is 17.6. The zero-order chi connectivity index (χ0) is 19.5. The first kappa shape index (κ1) is 24.7. The Kier molecular flexibility index (Phi) is 17.5. The molecular formula is C22H40O4. The van der Waals surface area contributed by atoms with Crippen molar-refractivity contribution >= 4 is 11.9 Å². The first-order valence-electron chi connectivity index (χ1n) is 10.7. The first-order chi connectivity index (χ1) is 12.6. The Hall–Kier alpha value is -1.32. The van der Waals surface area contributed by atoms with Crippen LogP contribution in [0.3, 0.4) is 0 Å². The Morgan fingerprint density at radius 2 is 1.15 bits per heavy atom. The van der Waals surface area contributed by atoms with Gasteiger partial charge in [0.25, 0.3) is 0 Å². The molecule has 0 aromatic heterocycles. The normalized spacial score (nSPS) is 12.5. The van der Waals surface area contributed by atoms with Gasteiger partial charge in [0.15, 0.2) is 0 Å². The van der Waals surface area contributed by atoms with E-state index in [-0.39, 0.29) is 6.42 Å². The largest absolute Gasteiger partial charge is 0.481 e. The predicted molar refractivity (Wildman–Crippen MR) is 107 cm³/mol. The molecule has 0 bridgehead atoms. The minimum Gasteiger partial charge on any atom is -0.481 e. The van der Waals surface area contributed by atoms with E-state index < -0.39 is 17.9 Å². The summed E-state index contributed by atoms with van der Waals surface area (Å²) in [5.74, 6) is -3.04. The van der Waals surface area contributed by atoms with Crippen LogP contribution in [0.5, 0.6) is 0 Å². The van der Waals surface area contributed by atoms with Crippen LogP contribution < -0.4 is 0 Å². The maximum absolute atomic E-state index is 10.9. The minimum absolute atomic E-state index is 0.343. The van der Waals surface area contributed by atoms with E-state index in [2.05, 4.69) is 6.92 Å². The van der Waals surface area contributed by atoms with Crippen molar-refractivity contribution in [3.63, 3.8) is 0 Å². The highest BCUT2D eigenvalue weighted by atomic mass is 16.4. The molecule has 2 N–H and O–H groups in total. The molecule has 0 amide bonds. The Balaban J connectivity index is 3.36. The van der Waals surface area contributed by atoms with E-state index in [1.54, 1.807) is 0 Å². The fraction of sp³-hybridized carbons (Fsp3) is 0.818. The van der Waals surface area contributed by atoms with Gasteiger partial charge in [-0.25, -0.2) is 0 Å². The van der Waals surface area contributed by atoms with Crippen molar-refractivity contribution < 1.29 is 19.8 Å². The molecule has 152 valence electrons. The van der Waals surface area contributed by atoms with Gasteiger partial charge in [-0.1, -0.05) is 103 Å². The molecule has 0 saturated carbocycles. The van der Waals surface area contributed by atoms with E-state index in [0.717, 1.165) is 12.8 Å². The third kappa shape index (κ3) is 17.5. The predicted octanol–water partition coefficient (Wildman–Crippen LogP) is 6.59. The lowest BCUT2D eigenvalue weighted by atomic mass is 10.0. The molecule has 0 spiro atoms. The summed E-state index contributed by atoms with van der Waals surface area (Å²) < 4.78 is 0. The van der Waals surface area contributed by atoms with Gasteiger partial charge in [0, 0.05) is 0 Å². The smallest absolute Gasteiger partial charge is 0.310 e. The number of carboxylic acid groups (broad SMARTS) is 2. The van der Waals surface area contributed by atoms with Gasteiger partial charge in [-0.05, 0) is 12.8 Å². The van der Waals surface area contributed by atoms with Crippen molar-refractivity contribution in [2.24, 2.45) is 5.92 Å². The summed E-state index contributed by atoms with van der Waals surface area (Å²) in [6, 6.07) is 0. The van der Waals surface area contributed by atoms with Crippen LogP contribution in [0.1, 0.15) is 110 Å². The van der Waals surface area contributed by atoms with Gasteiger partial charge in [0.2, 0.25) is 0 Å². The van der Waals surface area contributed by atoms with Gasteiger partial charge in [-0.2, -0.15) is 0 Å².